The molecule has 0 fully saturated rings. The number of benzene rings is 1. The topological polar surface area (TPSA) is 60.9 Å². The minimum atomic E-state index is 0.503. The molecule has 146 valence electrons. The zero-order valence-corrected chi connectivity index (χ0v) is 16.6. The second-order valence-corrected chi connectivity index (χ2v) is 6.21. The van der Waals surface area contributed by atoms with E-state index in [-0.39, 0.29) is 0 Å². The molecule has 0 atom stereocenters. The summed E-state index contributed by atoms with van der Waals surface area (Å²) >= 11 is 0. The van der Waals surface area contributed by atoms with Crippen molar-refractivity contribution < 1.29 is 18.3 Å². The number of aryl methyl sites for hydroxylation is 1. The molecule has 0 N–H and O–H groups in total. The lowest BCUT2D eigenvalue weighted by Gasteiger charge is -2.17. The molecule has 3 aromatic rings. The van der Waals surface area contributed by atoms with Crippen LogP contribution in [0.1, 0.15) is 24.1 Å². The van der Waals surface area contributed by atoms with Gasteiger partial charge in [-0.25, -0.2) is 4.98 Å². The highest BCUT2D eigenvalue weighted by atomic mass is 16.5. The molecule has 0 aliphatic heterocycles. The number of aromatic nitrogens is 1. The predicted molar refractivity (Wildman–Crippen MR) is 106 cm³/mol. The molecule has 2 aromatic heterocycles. The van der Waals surface area contributed by atoms with Crippen molar-refractivity contribution in [3.05, 3.63) is 53.8 Å². The first kappa shape index (κ1) is 19.6. The quantitative estimate of drug-likeness (QED) is 0.544. The van der Waals surface area contributed by atoms with E-state index in [9.17, 15) is 0 Å². The van der Waals surface area contributed by atoms with Crippen LogP contribution in [0.2, 0.25) is 0 Å². The summed E-state index contributed by atoms with van der Waals surface area (Å²) in [5.74, 6) is 9.43. The number of nitrogens with zero attached hydrogens (tertiary/aromatic N) is 2. The van der Waals surface area contributed by atoms with Crippen molar-refractivity contribution in [2.24, 2.45) is 0 Å². The Morgan fingerprint density at radius 2 is 1.96 bits per heavy atom. The van der Waals surface area contributed by atoms with E-state index in [2.05, 4.69) is 16.7 Å². The van der Waals surface area contributed by atoms with Gasteiger partial charge in [-0.15, -0.1) is 5.92 Å². The lowest BCUT2D eigenvalue weighted by Crippen LogP contribution is -2.23. The number of furan rings is 1. The van der Waals surface area contributed by atoms with Crippen molar-refractivity contribution >= 4 is 0 Å². The van der Waals surface area contributed by atoms with Gasteiger partial charge in [-0.1, -0.05) is 12.0 Å². The highest BCUT2D eigenvalue weighted by molar-refractivity contribution is 5.68. The van der Waals surface area contributed by atoms with Crippen LogP contribution in [0.3, 0.4) is 0 Å². The third-order valence-corrected chi connectivity index (χ3v) is 4.34. The van der Waals surface area contributed by atoms with Gasteiger partial charge in [0.15, 0.2) is 11.5 Å². The lowest BCUT2D eigenvalue weighted by molar-refractivity contribution is 0.260. The molecule has 6 heteroatoms. The normalized spacial score (nSPS) is 10.6. The molecule has 6 nitrogen and oxygen atoms in total. The summed E-state index contributed by atoms with van der Waals surface area (Å²) in [7, 11) is 3.21. The van der Waals surface area contributed by atoms with Crippen molar-refractivity contribution in [2.45, 2.75) is 26.9 Å². The minimum absolute atomic E-state index is 0.503. The van der Waals surface area contributed by atoms with Gasteiger partial charge >= 0.3 is 0 Å². The van der Waals surface area contributed by atoms with E-state index >= 15 is 0 Å². The van der Waals surface area contributed by atoms with Crippen molar-refractivity contribution in [1.82, 2.24) is 9.88 Å². The van der Waals surface area contributed by atoms with Crippen LogP contribution in [0.5, 0.6) is 11.5 Å². The number of hydrogen-bond donors (Lipinski definition) is 0. The average Bonchev–Trinajstić information content (AvgIpc) is 3.35. The highest BCUT2D eigenvalue weighted by Crippen LogP contribution is 2.38. The fourth-order valence-electron chi connectivity index (χ4n) is 2.94. The molecule has 0 spiro atoms. The van der Waals surface area contributed by atoms with E-state index < -0.39 is 0 Å². The first-order valence-electron chi connectivity index (χ1n) is 8.98. The summed E-state index contributed by atoms with van der Waals surface area (Å²) in [6.07, 6.45) is 1.67. The van der Waals surface area contributed by atoms with E-state index in [1.54, 1.807) is 20.5 Å². The second-order valence-electron chi connectivity index (χ2n) is 6.21. The number of rotatable bonds is 8. The maximum absolute atomic E-state index is 5.95. The van der Waals surface area contributed by atoms with Gasteiger partial charge in [0.2, 0.25) is 5.89 Å². The van der Waals surface area contributed by atoms with Crippen LogP contribution in [0.25, 0.3) is 11.5 Å². The van der Waals surface area contributed by atoms with Gasteiger partial charge in [-0.2, -0.15) is 0 Å². The predicted octanol–water partition coefficient (Wildman–Crippen LogP) is 4.29. The standard InChI is InChI=1S/C22H24N2O4/c1-5-6-12-24(14-17-9-8-13-27-17)15-19-16(2)28-22(23-19)18-10-7-11-20(25-3)21(18)26-4/h7-11,13H,12,14-15H2,1-4H3. The molecule has 1 aromatic carbocycles. The zero-order valence-electron chi connectivity index (χ0n) is 16.6. The number of para-hydroxylation sites is 1. The van der Waals surface area contributed by atoms with Crippen LogP contribution < -0.4 is 9.47 Å². The van der Waals surface area contributed by atoms with Crippen LogP contribution >= 0.6 is 0 Å². The Hall–Kier alpha value is -3.17. The molecule has 0 saturated heterocycles. The summed E-state index contributed by atoms with van der Waals surface area (Å²) in [4.78, 5) is 6.88. The SMILES string of the molecule is CC#CCN(Cc1ccco1)Cc1nc(-c2cccc(OC)c2OC)oc1C. The number of ether oxygens (including phenoxy) is 2. The van der Waals surface area contributed by atoms with E-state index in [1.165, 1.54) is 0 Å². The van der Waals surface area contributed by atoms with E-state index in [0.717, 1.165) is 22.8 Å². The van der Waals surface area contributed by atoms with Gasteiger partial charge in [0, 0.05) is 6.54 Å². The molecule has 0 aliphatic carbocycles. The van der Waals surface area contributed by atoms with Gasteiger partial charge in [0.25, 0.3) is 0 Å². The molecule has 0 bridgehead atoms. The molecule has 3 rings (SSSR count). The third-order valence-electron chi connectivity index (χ3n) is 4.34. The van der Waals surface area contributed by atoms with Crippen LogP contribution in [0.4, 0.5) is 0 Å². The average molecular weight is 380 g/mol. The van der Waals surface area contributed by atoms with Gasteiger partial charge in [0.1, 0.15) is 11.5 Å². The Morgan fingerprint density at radius 1 is 1.11 bits per heavy atom. The van der Waals surface area contributed by atoms with Crippen molar-refractivity contribution in [2.75, 3.05) is 20.8 Å². The molecular formula is C22H24N2O4. The Kier molecular flexibility index (Phi) is 6.41. The molecule has 0 saturated carbocycles. The monoisotopic (exact) mass is 380 g/mol. The number of hydrogen-bond acceptors (Lipinski definition) is 6. The Bertz CT molecular complexity index is 964. The van der Waals surface area contributed by atoms with E-state index in [0.29, 0.717) is 37.0 Å². The van der Waals surface area contributed by atoms with Crippen molar-refractivity contribution in [3.63, 3.8) is 0 Å². The lowest BCUT2D eigenvalue weighted by atomic mass is 10.2. The van der Waals surface area contributed by atoms with Crippen LogP contribution in [-0.2, 0) is 13.1 Å². The third kappa shape index (κ3) is 4.38. The van der Waals surface area contributed by atoms with Crippen LogP contribution in [-0.4, -0.2) is 30.6 Å². The van der Waals surface area contributed by atoms with Gasteiger partial charge in [0.05, 0.1) is 44.8 Å². The number of methoxy groups -OCH3 is 2. The Morgan fingerprint density at radius 3 is 2.64 bits per heavy atom. The van der Waals surface area contributed by atoms with Crippen molar-refractivity contribution in [3.8, 4) is 34.8 Å². The minimum Gasteiger partial charge on any atom is -0.493 e. The molecule has 0 radical (unpaired) electrons. The highest BCUT2D eigenvalue weighted by Gasteiger charge is 2.20. The maximum Gasteiger partial charge on any atom is 0.230 e. The molecule has 2 heterocycles. The fraction of sp³-hybridized carbons (Fsp3) is 0.318. The first-order chi connectivity index (χ1) is 13.7. The number of oxazole rings is 1. The van der Waals surface area contributed by atoms with E-state index in [4.69, 9.17) is 23.3 Å². The Balaban J connectivity index is 1.87. The van der Waals surface area contributed by atoms with Crippen LogP contribution in [0, 0.1) is 18.8 Å². The van der Waals surface area contributed by atoms with Gasteiger partial charge < -0.3 is 18.3 Å². The second kappa shape index (κ2) is 9.16. The summed E-state index contributed by atoms with van der Waals surface area (Å²) < 4.78 is 22.3. The maximum atomic E-state index is 5.95. The first-order valence-corrected chi connectivity index (χ1v) is 8.98. The Labute approximate surface area is 165 Å². The van der Waals surface area contributed by atoms with Gasteiger partial charge in [-0.3, -0.25) is 4.90 Å². The molecule has 0 amide bonds. The summed E-state index contributed by atoms with van der Waals surface area (Å²) in [5.41, 5.74) is 1.60. The van der Waals surface area contributed by atoms with Crippen LogP contribution in [0.15, 0.2) is 45.4 Å². The van der Waals surface area contributed by atoms with Gasteiger partial charge in [-0.05, 0) is 38.1 Å². The summed E-state index contributed by atoms with van der Waals surface area (Å²) in [6.45, 7) is 5.60. The smallest absolute Gasteiger partial charge is 0.230 e. The summed E-state index contributed by atoms with van der Waals surface area (Å²) in [6, 6.07) is 9.46. The zero-order chi connectivity index (χ0) is 19.9. The van der Waals surface area contributed by atoms with E-state index in [1.807, 2.05) is 44.2 Å². The fourth-order valence-corrected chi connectivity index (χ4v) is 2.94. The summed E-state index contributed by atoms with van der Waals surface area (Å²) in [5, 5.41) is 0. The molecule has 0 unspecified atom stereocenters. The molecular weight excluding hydrogens is 356 g/mol. The molecule has 0 aliphatic rings. The largest absolute Gasteiger partial charge is 0.493 e. The molecule has 28 heavy (non-hydrogen) atoms. The van der Waals surface area contributed by atoms with Crippen molar-refractivity contribution in [1.29, 1.82) is 0 Å².